The molecule has 0 unspecified atom stereocenters. The molecule has 64 valence electrons. The predicted molar refractivity (Wildman–Crippen MR) is 47.3 cm³/mol. The molecule has 0 atom stereocenters. The Labute approximate surface area is 71.1 Å². The molecule has 0 N–H and O–H groups in total. The summed E-state index contributed by atoms with van der Waals surface area (Å²) in [6.45, 7) is 6.42. The third-order valence-electron chi connectivity index (χ3n) is 2.25. The molecule has 0 radical (unpaired) electrons. The molecule has 1 aromatic carbocycles. The maximum atomic E-state index is 4.90. The summed E-state index contributed by atoms with van der Waals surface area (Å²) in [6.07, 6.45) is 0. The van der Waals surface area contributed by atoms with E-state index in [4.69, 9.17) is 9.15 Å². The molecule has 0 fully saturated rings. The Morgan fingerprint density at radius 1 is 1.17 bits per heavy atom. The zero-order chi connectivity index (χ0) is 8.72. The zero-order valence-electron chi connectivity index (χ0n) is 7.55. The molecule has 0 aliphatic heterocycles. The number of hydrogen-bond donors (Lipinski definition) is 0. The lowest BCUT2D eigenvalue weighted by molar-refractivity contribution is 0.0582. The summed E-state index contributed by atoms with van der Waals surface area (Å²) in [4.78, 5) is 0. The smallest absolute Gasteiger partial charge is 0.228 e. The molecule has 2 heteroatoms. The lowest BCUT2D eigenvalue weighted by Crippen LogP contribution is -1.93. The molecule has 0 spiro atoms. The molecular formula is C10H12O2. The van der Waals surface area contributed by atoms with E-state index < -0.39 is 0 Å². The van der Waals surface area contributed by atoms with Crippen LogP contribution in [0, 0.1) is 6.92 Å². The van der Waals surface area contributed by atoms with Crippen LogP contribution in [0.2, 0.25) is 0 Å². The first-order valence-electron chi connectivity index (χ1n) is 4.18. The van der Waals surface area contributed by atoms with Crippen molar-refractivity contribution < 1.29 is 9.15 Å². The van der Waals surface area contributed by atoms with Crippen LogP contribution in [0.3, 0.4) is 0 Å². The van der Waals surface area contributed by atoms with Crippen LogP contribution >= 0.6 is 0 Å². The second kappa shape index (κ2) is 2.41. The van der Waals surface area contributed by atoms with Gasteiger partial charge < -0.3 is 0 Å². The van der Waals surface area contributed by atoms with Gasteiger partial charge in [-0.1, -0.05) is 19.9 Å². The van der Waals surface area contributed by atoms with E-state index in [2.05, 4.69) is 26.8 Å². The van der Waals surface area contributed by atoms with E-state index in [1.807, 2.05) is 6.07 Å². The minimum Gasteiger partial charge on any atom is -0.286 e. The molecule has 0 saturated carbocycles. The van der Waals surface area contributed by atoms with Crippen LogP contribution in [-0.2, 0) is 0 Å². The quantitative estimate of drug-likeness (QED) is 0.603. The molecule has 0 amide bonds. The van der Waals surface area contributed by atoms with Gasteiger partial charge in [0.25, 0.3) is 0 Å². The molecule has 0 saturated heterocycles. The average molecular weight is 164 g/mol. The monoisotopic (exact) mass is 164 g/mol. The van der Waals surface area contributed by atoms with Crippen molar-refractivity contribution in [3.8, 4) is 0 Å². The molecule has 1 heterocycles. The van der Waals surface area contributed by atoms with Crippen molar-refractivity contribution in [3.63, 3.8) is 0 Å². The highest BCUT2D eigenvalue weighted by atomic mass is 17.0. The number of hydrogen-bond acceptors (Lipinski definition) is 2. The highest BCUT2D eigenvalue weighted by Crippen LogP contribution is 2.28. The third-order valence-corrected chi connectivity index (χ3v) is 2.25. The molecule has 12 heavy (non-hydrogen) atoms. The van der Waals surface area contributed by atoms with Crippen molar-refractivity contribution >= 4 is 11.2 Å². The molecule has 2 aromatic rings. The van der Waals surface area contributed by atoms with Crippen LogP contribution in [0.4, 0.5) is 0 Å². The second-order valence-electron chi connectivity index (χ2n) is 3.43. The van der Waals surface area contributed by atoms with Crippen molar-refractivity contribution in [2.45, 2.75) is 26.7 Å². The van der Waals surface area contributed by atoms with Crippen LogP contribution in [0.5, 0.6) is 0 Å². The van der Waals surface area contributed by atoms with Gasteiger partial charge >= 0.3 is 0 Å². The van der Waals surface area contributed by atoms with Gasteiger partial charge in [0.05, 0.1) is 0 Å². The maximum absolute atomic E-state index is 4.90. The first kappa shape index (κ1) is 7.47. The Balaban J connectivity index is 2.64. The highest BCUT2D eigenvalue weighted by molar-refractivity contribution is 5.76. The molecule has 0 aliphatic rings. The standard InChI is InChI=1S/C10H12O2/c1-6(2)8-4-5-9-10(7(8)3)12-11-9/h4-6H,1-3H3. The Morgan fingerprint density at radius 2 is 1.92 bits per heavy atom. The number of benzene rings is 1. The first-order valence-corrected chi connectivity index (χ1v) is 4.18. The van der Waals surface area contributed by atoms with Gasteiger partial charge in [-0.05, 0) is 24.5 Å². The van der Waals surface area contributed by atoms with Gasteiger partial charge in [-0.15, -0.1) is 0 Å². The van der Waals surface area contributed by atoms with Crippen LogP contribution in [0.1, 0.15) is 30.9 Å². The van der Waals surface area contributed by atoms with E-state index in [1.165, 1.54) is 11.1 Å². The first-order chi connectivity index (χ1) is 5.70. The SMILES string of the molecule is Cc1c(C(C)C)ccc2ooc12. The van der Waals surface area contributed by atoms with Gasteiger partial charge in [-0.3, -0.25) is 9.15 Å². The molecular weight excluding hydrogens is 152 g/mol. The summed E-state index contributed by atoms with van der Waals surface area (Å²) in [5, 5.41) is 0. The van der Waals surface area contributed by atoms with Crippen molar-refractivity contribution in [3.05, 3.63) is 23.3 Å². The molecule has 1 aromatic heterocycles. The fourth-order valence-corrected chi connectivity index (χ4v) is 1.53. The molecule has 0 aliphatic carbocycles. The van der Waals surface area contributed by atoms with E-state index in [0.717, 1.165) is 11.2 Å². The van der Waals surface area contributed by atoms with Crippen LogP contribution in [0.15, 0.2) is 21.3 Å². The lowest BCUT2D eigenvalue weighted by Gasteiger charge is -2.10. The Kier molecular flexibility index (Phi) is 1.50. The van der Waals surface area contributed by atoms with Crippen LogP contribution < -0.4 is 0 Å². The fourth-order valence-electron chi connectivity index (χ4n) is 1.53. The predicted octanol–water partition coefficient (Wildman–Crippen LogP) is 3.46. The number of rotatable bonds is 1. The van der Waals surface area contributed by atoms with E-state index in [1.54, 1.807) is 0 Å². The van der Waals surface area contributed by atoms with Crippen molar-refractivity contribution in [2.24, 2.45) is 0 Å². The van der Waals surface area contributed by atoms with Crippen molar-refractivity contribution in [2.75, 3.05) is 0 Å². The largest absolute Gasteiger partial charge is 0.286 e. The number of fused-ring (bicyclic) bond motifs is 1. The van der Waals surface area contributed by atoms with Gasteiger partial charge in [0.2, 0.25) is 11.2 Å². The topological polar surface area (TPSA) is 26.3 Å². The summed E-state index contributed by atoms with van der Waals surface area (Å²) >= 11 is 0. The Morgan fingerprint density at radius 3 is 2.42 bits per heavy atom. The second-order valence-corrected chi connectivity index (χ2v) is 3.43. The van der Waals surface area contributed by atoms with Crippen LogP contribution in [-0.4, -0.2) is 0 Å². The Hall–Kier alpha value is -1.18. The molecule has 0 bridgehead atoms. The summed E-state index contributed by atoms with van der Waals surface area (Å²) in [6, 6.07) is 4.06. The van der Waals surface area contributed by atoms with Gasteiger partial charge in [-0.25, -0.2) is 0 Å². The maximum Gasteiger partial charge on any atom is 0.228 e. The minimum absolute atomic E-state index is 0.541. The summed E-state index contributed by atoms with van der Waals surface area (Å²) in [5.41, 5.74) is 4.30. The van der Waals surface area contributed by atoms with Gasteiger partial charge in [-0.2, -0.15) is 0 Å². The van der Waals surface area contributed by atoms with Gasteiger partial charge in [0, 0.05) is 5.56 Å². The number of aryl methyl sites for hydroxylation is 1. The average Bonchev–Trinajstić information content (AvgIpc) is 1.92. The molecule has 2 nitrogen and oxygen atoms in total. The summed E-state index contributed by atoms with van der Waals surface area (Å²) < 4.78 is 9.69. The van der Waals surface area contributed by atoms with Gasteiger partial charge in [0.1, 0.15) is 0 Å². The lowest BCUT2D eigenvalue weighted by atomic mass is 9.97. The van der Waals surface area contributed by atoms with Crippen molar-refractivity contribution in [1.29, 1.82) is 0 Å². The third kappa shape index (κ3) is 0.876. The summed E-state index contributed by atoms with van der Waals surface area (Å²) in [5.74, 6) is 0.541. The van der Waals surface area contributed by atoms with Crippen LogP contribution in [0.25, 0.3) is 11.2 Å². The Bertz CT molecular complexity index is 393. The fraction of sp³-hybridized carbons (Fsp3) is 0.400. The highest BCUT2D eigenvalue weighted by Gasteiger charge is 2.12. The van der Waals surface area contributed by atoms with E-state index in [9.17, 15) is 0 Å². The normalized spacial score (nSPS) is 11.7. The molecule has 2 rings (SSSR count). The van der Waals surface area contributed by atoms with E-state index in [0.29, 0.717) is 5.92 Å². The van der Waals surface area contributed by atoms with Gasteiger partial charge in [0.15, 0.2) is 0 Å². The zero-order valence-corrected chi connectivity index (χ0v) is 7.55. The minimum atomic E-state index is 0.541. The summed E-state index contributed by atoms with van der Waals surface area (Å²) in [7, 11) is 0. The van der Waals surface area contributed by atoms with Crippen molar-refractivity contribution in [1.82, 2.24) is 0 Å². The van der Waals surface area contributed by atoms with E-state index >= 15 is 0 Å². The van der Waals surface area contributed by atoms with E-state index in [-0.39, 0.29) is 0 Å².